The van der Waals surface area contributed by atoms with Crippen molar-refractivity contribution in [2.24, 2.45) is 7.05 Å². The summed E-state index contributed by atoms with van der Waals surface area (Å²) in [5, 5.41) is 17.1. The fraction of sp³-hybridized carbons (Fsp3) is 0.250. The summed E-state index contributed by atoms with van der Waals surface area (Å²) in [6.45, 7) is 2.10. The number of fused-ring (bicyclic) bond motifs is 1. The second kappa shape index (κ2) is 7.54. The van der Waals surface area contributed by atoms with E-state index in [2.05, 4.69) is 21.4 Å². The third kappa shape index (κ3) is 3.67. The van der Waals surface area contributed by atoms with E-state index in [9.17, 15) is 14.4 Å². The number of benzene rings is 1. The van der Waals surface area contributed by atoms with Gasteiger partial charge in [0.15, 0.2) is 0 Å². The van der Waals surface area contributed by atoms with Gasteiger partial charge in [-0.2, -0.15) is 10.4 Å². The minimum atomic E-state index is -0.278. The molecule has 0 bridgehead atoms. The zero-order valence-corrected chi connectivity index (χ0v) is 16.1. The van der Waals surface area contributed by atoms with Gasteiger partial charge < -0.3 is 5.32 Å². The number of aromatic nitrogens is 2. The number of hydrogen-bond donors (Lipinski definition) is 1. The van der Waals surface area contributed by atoms with Gasteiger partial charge in [0, 0.05) is 37.8 Å². The number of nitriles is 1. The third-order valence-corrected chi connectivity index (χ3v) is 5.87. The Balaban J connectivity index is 1.52. The number of aryl methyl sites for hydroxylation is 1. The van der Waals surface area contributed by atoms with Gasteiger partial charge in [-0.25, -0.2) is 4.39 Å². The number of nitrogens with one attached hydrogen (secondary N) is 1. The Hall–Kier alpha value is -3.02. The SMILES string of the molecule is Cn1cc(C(=O)Nc2sc3c(c2C#N)CCN(Cc2cccc(F)c2)C3)cn1. The molecule has 1 N–H and O–H groups in total. The Kier molecular flexibility index (Phi) is 4.94. The number of hydrogen-bond acceptors (Lipinski definition) is 5. The van der Waals surface area contributed by atoms with Crippen LogP contribution in [0.1, 0.15) is 31.9 Å². The zero-order chi connectivity index (χ0) is 19.7. The Labute approximate surface area is 165 Å². The molecule has 1 aromatic carbocycles. The van der Waals surface area contributed by atoms with Crippen LogP contribution in [0.2, 0.25) is 0 Å². The molecule has 3 heterocycles. The Morgan fingerprint density at radius 2 is 2.32 bits per heavy atom. The zero-order valence-electron chi connectivity index (χ0n) is 15.3. The van der Waals surface area contributed by atoms with Crippen molar-refractivity contribution in [3.8, 4) is 6.07 Å². The first-order valence-corrected chi connectivity index (χ1v) is 9.66. The lowest BCUT2D eigenvalue weighted by Gasteiger charge is -2.26. The second-order valence-corrected chi connectivity index (χ2v) is 7.87. The van der Waals surface area contributed by atoms with E-state index in [4.69, 9.17) is 0 Å². The molecule has 0 atom stereocenters. The minimum Gasteiger partial charge on any atom is -0.312 e. The van der Waals surface area contributed by atoms with Gasteiger partial charge in [0.25, 0.3) is 5.91 Å². The van der Waals surface area contributed by atoms with Crippen LogP contribution in [0.25, 0.3) is 0 Å². The molecule has 4 rings (SSSR count). The van der Waals surface area contributed by atoms with E-state index in [1.54, 1.807) is 30.1 Å². The van der Waals surface area contributed by atoms with Crippen LogP contribution in [0.5, 0.6) is 0 Å². The van der Waals surface area contributed by atoms with Crippen molar-refractivity contribution >= 4 is 22.2 Å². The number of carbonyl (C=O) groups is 1. The Morgan fingerprint density at radius 1 is 1.46 bits per heavy atom. The fourth-order valence-corrected chi connectivity index (χ4v) is 4.64. The molecule has 28 heavy (non-hydrogen) atoms. The van der Waals surface area contributed by atoms with Gasteiger partial charge in [-0.3, -0.25) is 14.4 Å². The van der Waals surface area contributed by atoms with Crippen LogP contribution in [0.3, 0.4) is 0 Å². The molecule has 142 valence electrons. The summed E-state index contributed by atoms with van der Waals surface area (Å²) in [5.41, 5.74) is 2.92. The molecule has 2 aromatic heterocycles. The van der Waals surface area contributed by atoms with E-state index >= 15 is 0 Å². The molecule has 0 aliphatic carbocycles. The largest absolute Gasteiger partial charge is 0.312 e. The second-order valence-electron chi connectivity index (χ2n) is 6.77. The van der Waals surface area contributed by atoms with Crippen molar-refractivity contribution in [1.29, 1.82) is 5.26 Å². The van der Waals surface area contributed by atoms with Gasteiger partial charge in [0.1, 0.15) is 16.9 Å². The molecule has 0 unspecified atom stereocenters. The van der Waals surface area contributed by atoms with Crippen LogP contribution < -0.4 is 5.32 Å². The van der Waals surface area contributed by atoms with Crippen LogP contribution in [0.4, 0.5) is 9.39 Å². The average Bonchev–Trinajstić information content (AvgIpc) is 3.24. The molecule has 1 aliphatic heterocycles. The topological polar surface area (TPSA) is 74.0 Å². The quantitative estimate of drug-likeness (QED) is 0.736. The molecule has 8 heteroatoms. The number of rotatable bonds is 4. The van der Waals surface area contributed by atoms with Gasteiger partial charge in [-0.1, -0.05) is 12.1 Å². The molecule has 0 saturated heterocycles. The van der Waals surface area contributed by atoms with Gasteiger partial charge in [-0.05, 0) is 29.7 Å². The van der Waals surface area contributed by atoms with E-state index in [-0.39, 0.29) is 11.7 Å². The summed E-state index contributed by atoms with van der Waals surface area (Å²) in [6, 6.07) is 8.85. The van der Waals surface area contributed by atoms with Gasteiger partial charge in [0.2, 0.25) is 0 Å². The van der Waals surface area contributed by atoms with Crippen molar-refractivity contribution in [2.75, 3.05) is 11.9 Å². The van der Waals surface area contributed by atoms with E-state index in [1.165, 1.54) is 23.6 Å². The number of carbonyl (C=O) groups excluding carboxylic acids is 1. The summed E-state index contributed by atoms with van der Waals surface area (Å²) < 4.78 is 15.0. The summed E-state index contributed by atoms with van der Waals surface area (Å²) >= 11 is 1.44. The first-order valence-electron chi connectivity index (χ1n) is 8.85. The smallest absolute Gasteiger partial charge is 0.259 e. The summed E-state index contributed by atoms with van der Waals surface area (Å²) in [5.74, 6) is -0.515. The minimum absolute atomic E-state index is 0.238. The monoisotopic (exact) mass is 395 g/mol. The first-order chi connectivity index (χ1) is 13.5. The maximum atomic E-state index is 13.4. The van der Waals surface area contributed by atoms with Gasteiger partial charge in [-0.15, -0.1) is 11.3 Å². The predicted molar refractivity (Wildman–Crippen MR) is 104 cm³/mol. The van der Waals surface area contributed by atoms with Crippen molar-refractivity contribution in [1.82, 2.24) is 14.7 Å². The van der Waals surface area contributed by atoms with Crippen molar-refractivity contribution in [3.05, 3.63) is 69.6 Å². The third-order valence-electron chi connectivity index (χ3n) is 4.74. The number of amides is 1. The van der Waals surface area contributed by atoms with Crippen molar-refractivity contribution < 1.29 is 9.18 Å². The predicted octanol–water partition coefficient (Wildman–Crippen LogP) is 3.30. The molecule has 0 spiro atoms. The van der Waals surface area contributed by atoms with Crippen LogP contribution >= 0.6 is 11.3 Å². The van der Waals surface area contributed by atoms with Crippen molar-refractivity contribution in [2.45, 2.75) is 19.5 Å². The van der Waals surface area contributed by atoms with E-state index in [0.29, 0.717) is 29.2 Å². The Bertz CT molecular complexity index is 1080. The van der Waals surface area contributed by atoms with E-state index in [1.807, 2.05) is 6.07 Å². The van der Waals surface area contributed by atoms with E-state index < -0.39 is 0 Å². The van der Waals surface area contributed by atoms with Crippen molar-refractivity contribution in [3.63, 3.8) is 0 Å². The number of anilines is 1. The fourth-order valence-electron chi connectivity index (χ4n) is 3.40. The Morgan fingerprint density at radius 3 is 3.04 bits per heavy atom. The average molecular weight is 395 g/mol. The molecule has 0 fully saturated rings. The normalized spacial score (nSPS) is 13.8. The lowest BCUT2D eigenvalue weighted by atomic mass is 10.0. The summed E-state index contributed by atoms with van der Waals surface area (Å²) in [7, 11) is 1.74. The standard InChI is InChI=1S/C20H18FN5OS/c1-25-11-14(9-23-25)19(27)24-20-17(8-22)16-5-6-26(12-18(16)28-20)10-13-3-2-4-15(21)7-13/h2-4,7,9,11H,5-6,10,12H2,1H3,(H,24,27). The van der Waals surface area contributed by atoms with Gasteiger partial charge >= 0.3 is 0 Å². The van der Waals surface area contributed by atoms with Crippen LogP contribution in [0.15, 0.2) is 36.7 Å². The summed E-state index contributed by atoms with van der Waals surface area (Å²) in [6.07, 6.45) is 3.86. The molecular formula is C20H18FN5OS. The molecular weight excluding hydrogens is 377 g/mol. The molecule has 1 amide bonds. The number of thiophene rings is 1. The lowest BCUT2D eigenvalue weighted by Crippen LogP contribution is -2.29. The highest BCUT2D eigenvalue weighted by Crippen LogP contribution is 2.37. The number of halogens is 1. The first kappa shape index (κ1) is 18.3. The highest BCUT2D eigenvalue weighted by molar-refractivity contribution is 7.16. The molecule has 3 aromatic rings. The maximum absolute atomic E-state index is 13.4. The van der Waals surface area contributed by atoms with Crippen LogP contribution in [-0.2, 0) is 26.6 Å². The molecule has 0 radical (unpaired) electrons. The van der Waals surface area contributed by atoms with Gasteiger partial charge in [0.05, 0.1) is 17.3 Å². The summed E-state index contributed by atoms with van der Waals surface area (Å²) in [4.78, 5) is 15.7. The molecule has 6 nitrogen and oxygen atoms in total. The molecule has 0 saturated carbocycles. The van der Waals surface area contributed by atoms with E-state index in [0.717, 1.165) is 29.0 Å². The number of nitrogens with zero attached hydrogens (tertiary/aromatic N) is 4. The maximum Gasteiger partial charge on any atom is 0.259 e. The highest BCUT2D eigenvalue weighted by atomic mass is 32.1. The highest BCUT2D eigenvalue weighted by Gasteiger charge is 2.25. The van der Waals surface area contributed by atoms with Crippen LogP contribution in [-0.4, -0.2) is 27.1 Å². The lowest BCUT2D eigenvalue weighted by molar-refractivity contribution is 0.102. The van der Waals surface area contributed by atoms with Crippen LogP contribution in [0, 0.1) is 17.1 Å². The molecule has 1 aliphatic rings.